The average Bonchev–Trinajstić information content (AvgIpc) is 3.44. The maximum absolute atomic E-state index is 15.2. The Bertz CT molecular complexity index is 1430. The summed E-state index contributed by atoms with van der Waals surface area (Å²) in [4.78, 5) is 55.7. The molecular weight excluding hydrogens is 553 g/mol. The van der Waals surface area contributed by atoms with Gasteiger partial charge in [-0.05, 0) is 44.1 Å². The monoisotopic (exact) mass is 587 g/mol. The van der Waals surface area contributed by atoms with Gasteiger partial charge in [0.05, 0.1) is 46.5 Å². The predicted octanol–water partition coefficient (Wildman–Crippen LogP) is 2.12. The molecule has 13 nitrogen and oxygen atoms in total. The number of hydrogen-bond donors (Lipinski definition) is 5. The van der Waals surface area contributed by atoms with E-state index in [4.69, 9.17) is 26.4 Å². The van der Waals surface area contributed by atoms with Gasteiger partial charge < -0.3 is 31.7 Å². The fraction of sp³-hybridized carbons (Fsp3) is 0.429. The Kier molecular flexibility index (Phi) is 9.83. The van der Waals surface area contributed by atoms with Gasteiger partial charge in [0.15, 0.2) is 5.78 Å². The minimum atomic E-state index is -1.26. The van der Waals surface area contributed by atoms with Crippen LogP contribution >= 0.6 is 0 Å². The maximum Gasteiger partial charge on any atom is 0.328 e. The van der Waals surface area contributed by atoms with Crippen LogP contribution in [0.4, 0.5) is 10.1 Å². The van der Waals surface area contributed by atoms with Crippen LogP contribution in [-0.4, -0.2) is 68.3 Å². The summed E-state index contributed by atoms with van der Waals surface area (Å²) < 4.78 is 22.2. The standard InChI is InChI=1S/C24H30FN5O4.C4H4O4/c1-12-21-17(9-24(2,3)10-18(21)31)30(29-12)13-7-14(25)22(23(27)33)16(8-13)28-15-5-4-6-19(15)34-20(32)11-26;5-3(6)1-2-4(7)8/h7-8,15,19,28H,4-6,9-11,26H2,1-3H3,(H2,27,33);1-2H,(H,5,6)(H,7,8)/t15-,19-;/m0./s1. The first-order valence-corrected chi connectivity index (χ1v) is 13.2. The number of hydrogen-bond acceptors (Lipinski definition) is 9. The van der Waals surface area contributed by atoms with E-state index < -0.39 is 35.7 Å². The summed E-state index contributed by atoms with van der Waals surface area (Å²) in [6.07, 6.45) is 3.74. The zero-order chi connectivity index (χ0) is 31.4. The molecule has 4 rings (SSSR count). The van der Waals surface area contributed by atoms with Crippen LogP contribution in [0.5, 0.6) is 0 Å². The number of nitrogens with two attached hydrogens (primary N) is 2. The largest absolute Gasteiger partial charge is 0.478 e. The van der Waals surface area contributed by atoms with Crippen molar-refractivity contribution < 1.29 is 43.3 Å². The van der Waals surface area contributed by atoms with E-state index >= 15 is 4.39 Å². The lowest BCUT2D eigenvalue weighted by Gasteiger charge is -2.29. The topological polar surface area (TPSA) is 217 Å². The number of primary amides is 1. The number of esters is 1. The molecule has 2 aromatic rings. The van der Waals surface area contributed by atoms with E-state index in [0.717, 1.165) is 6.42 Å². The van der Waals surface area contributed by atoms with Crippen molar-refractivity contribution >= 4 is 35.3 Å². The van der Waals surface area contributed by atoms with Crippen molar-refractivity contribution in [2.45, 2.75) is 65.0 Å². The summed E-state index contributed by atoms with van der Waals surface area (Å²) in [5.74, 6) is -4.75. The minimum Gasteiger partial charge on any atom is -0.478 e. The maximum atomic E-state index is 15.2. The Labute approximate surface area is 240 Å². The van der Waals surface area contributed by atoms with Crippen molar-refractivity contribution in [3.63, 3.8) is 0 Å². The molecule has 1 fully saturated rings. The Morgan fingerprint density at radius 2 is 1.81 bits per heavy atom. The molecule has 2 aliphatic carbocycles. The number of amides is 1. The number of nitrogens with one attached hydrogen (secondary N) is 1. The Morgan fingerprint density at radius 1 is 1.17 bits per heavy atom. The Hall–Kier alpha value is -4.59. The summed E-state index contributed by atoms with van der Waals surface area (Å²) in [6.45, 7) is 5.53. The lowest BCUT2D eigenvalue weighted by molar-refractivity contribution is -0.147. The lowest BCUT2D eigenvalue weighted by atomic mass is 9.75. The fourth-order valence-electron chi connectivity index (χ4n) is 5.22. The molecule has 0 unspecified atom stereocenters. The van der Waals surface area contributed by atoms with Crippen LogP contribution < -0.4 is 16.8 Å². The van der Waals surface area contributed by atoms with E-state index in [9.17, 15) is 24.0 Å². The molecule has 1 amide bonds. The molecule has 0 spiro atoms. The number of aryl methyl sites for hydroxylation is 1. The number of aliphatic carboxylic acids is 2. The van der Waals surface area contributed by atoms with E-state index in [2.05, 4.69) is 10.4 Å². The van der Waals surface area contributed by atoms with E-state index in [1.807, 2.05) is 13.8 Å². The summed E-state index contributed by atoms with van der Waals surface area (Å²) >= 11 is 0. The van der Waals surface area contributed by atoms with Crippen molar-refractivity contribution in [3.05, 3.63) is 52.6 Å². The average molecular weight is 588 g/mol. The molecule has 2 aliphatic rings. The zero-order valence-electron chi connectivity index (χ0n) is 23.5. The Morgan fingerprint density at radius 3 is 2.38 bits per heavy atom. The first kappa shape index (κ1) is 31.9. The van der Waals surface area contributed by atoms with E-state index in [0.29, 0.717) is 60.5 Å². The van der Waals surface area contributed by atoms with Gasteiger partial charge in [0.25, 0.3) is 5.91 Å². The number of carbonyl (C=O) groups is 5. The van der Waals surface area contributed by atoms with Crippen LogP contribution in [0.1, 0.15) is 71.6 Å². The lowest BCUT2D eigenvalue weighted by Crippen LogP contribution is -2.35. The number of nitrogens with zero attached hydrogens (tertiary/aromatic N) is 2. The number of benzene rings is 1. The molecule has 0 aliphatic heterocycles. The minimum absolute atomic E-state index is 0.0121. The molecule has 14 heteroatoms. The van der Waals surface area contributed by atoms with Gasteiger partial charge in [0, 0.05) is 24.6 Å². The molecule has 0 radical (unpaired) electrons. The third-order valence-corrected chi connectivity index (χ3v) is 6.90. The molecule has 0 bridgehead atoms. The highest BCUT2D eigenvalue weighted by atomic mass is 19.1. The second-order valence-electron chi connectivity index (χ2n) is 10.9. The zero-order valence-corrected chi connectivity index (χ0v) is 23.5. The summed E-state index contributed by atoms with van der Waals surface area (Å²) in [5.41, 5.74) is 12.7. The molecule has 226 valence electrons. The number of ketones is 1. The number of halogens is 1. The number of aromatic nitrogens is 2. The number of anilines is 1. The van der Waals surface area contributed by atoms with Crippen LogP contribution in [0.25, 0.3) is 5.69 Å². The van der Waals surface area contributed by atoms with E-state index in [1.165, 1.54) is 6.07 Å². The smallest absolute Gasteiger partial charge is 0.328 e. The van der Waals surface area contributed by atoms with Crippen LogP contribution in [0.2, 0.25) is 0 Å². The van der Waals surface area contributed by atoms with Crippen molar-refractivity contribution in [3.8, 4) is 5.69 Å². The number of ether oxygens (including phenoxy) is 1. The van der Waals surface area contributed by atoms with Gasteiger partial charge in [-0.2, -0.15) is 5.10 Å². The molecular formula is C28H34FN5O8. The molecule has 42 heavy (non-hydrogen) atoms. The predicted molar refractivity (Wildman–Crippen MR) is 148 cm³/mol. The van der Waals surface area contributed by atoms with Crippen molar-refractivity contribution in [1.29, 1.82) is 0 Å². The molecule has 1 aromatic carbocycles. The number of carboxylic acids is 2. The number of Topliss-reactive ketones (excluding diaryl/α,β-unsaturated/α-hetero) is 1. The van der Waals surface area contributed by atoms with Crippen LogP contribution in [-0.2, 0) is 25.5 Å². The number of fused-ring (bicyclic) bond motifs is 1. The number of rotatable bonds is 8. The molecule has 1 aromatic heterocycles. The summed E-state index contributed by atoms with van der Waals surface area (Å²) in [5, 5.41) is 23.3. The van der Waals surface area contributed by atoms with E-state index in [-0.39, 0.29) is 35.0 Å². The third kappa shape index (κ3) is 7.57. The highest BCUT2D eigenvalue weighted by molar-refractivity contribution is 6.00. The normalized spacial score (nSPS) is 19.0. The quantitative estimate of drug-likeness (QED) is 0.222. The second-order valence-corrected chi connectivity index (χ2v) is 10.9. The van der Waals surface area contributed by atoms with E-state index in [1.54, 1.807) is 17.7 Å². The summed E-state index contributed by atoms with van der Waals surface area (Å²) in [7, 11) is 0. The van der Waals surface area contributed by atoms with Crippen molar-refractivity contribution in [2.24, 2.45) is 16.9 Å². The highest BCUT2D eigenvalue weighted by Gasteiger charge is 2.36. The van der Waals surface area contributed by atoms with Crippen molar-refractivity contribution in [2.75, 3.05) is 11.9 Å². The van der Waals surface area contributed by atoms with Crippen LogP contribution in [0.15, 0.2) is 24.3 Å². The third-order valence-electron chi connectivity index (χ3n) is 6.90. The summed E-state index contributed by atoms with van der Waals surface area (Å²) in [6, 6.07) is 2.46. The number of carbonyl (C=O) groups excluding carboxylic acids is 3. The molecule has 1 heterocycles. The second kappa shape index (κ2) is 12.9. The SMILES string of the molecule is Cc1nn(-c2cc(F)c(C(N)=O)c(N[C@H]3CCC[C@@H]3OC(=O)CN)c2)c2c1C(=O)CC(C)(C)C2.O=C(O)C=CC(=O)O. The first-order valence-electron chi connectivity index (χ1n) is 13.2. The fourth-order valence-corrected chi connectivity index (χ4v) is 5.22. The number of carboxylic acid groups (broad SMARTS) is 2. The Balaban J connectivity index is 0.000000531. The van der Waals surface area contributed by atoms with Gasteiger partial charge in [0.1, 0.15) is 11.9 Å². The van der Waals surface area contributed by atoms with Crippen LogP contribution in [0, 0.1) is 18.2 Å². The first-order chi connectivity index (χ1) is 19.6. The van der Waals surface area contributed by atoms with Gasteiger partial charge in [-0.15, -0.1) is 0 Å². The van der Waals surface area contributed by atoms with Gasteiger partial charge in [0.2, 0.25) is 0 Å². The molecule has 2 atom stereocenters. The molecule has 1 saturated carbocycles. The van der Waals surface area contributed by atoms with Gasteiger partial charge >= 0.3 is 17.9 Å². The van der Waals surface area contributed by atoms with Crippen LogP contribution in [0.3, 0.4) is 0 Å². The molecule has 0 saturated heterocycles. The molecule has 7 N–H and O–H groups in total. The van der Waals surface area contributed by atoms with Crippen molar-refractivity contribution in [1.82, 2.24) is 9.78 Å². The highest BCUT2D eigenvalue weighted by Crippen LogP contribution is 2.38. The van der Waals surface area contributed by atoms with Gasteiger partial charge in [-0.25, -0.2) is 18.7 Å². The van der Waals surface area contributed by atoms with Gasteiger partial charge in [-0.1, -0.05) is 13.8 Å². The van der Waals surface area contributed by atoms with Gasteiger partial charge in [-0.3, -0.25) is 14.4 Å².